The van der Waals surface area contributed by atoms with E-state index in [9.17, 15) is 5.26 Å². The van der Waals surface area contributed by atoms with Crippen molar-refractivity contribution < 1.29 is 0 Å². The molecule has 0 N–H and O–H groups in total. The Kier molecular flexibility index (Phi) is 4.48. The lowest BCUT2D eigenvalue weighted by Crippen LogP contribution is -2.46. The second-order valence-corrected chi connectivity index (χ2v) is 15.8. The summed E-state index contributed by atoms with van der Waals surface area (Å²) in [4.78, 5) is 0. The third-order valence-corrected chi connectivity index (χ3v) is 13.9. The number of allylic oxidation sites excluding steroid dienone is 4. The minimum Gasteiger partial charge on any atom is -0.198 e. The van der Waals surface area contributed by atoms with Crippen LogP contribution in [0.1, 0.15) is 58.3 Å². The van der Waals surface area contributed by atoms with Crippen molar-refractivity contribution in [2.75, 3.05) is 5.50 Å². The first-order chi connectivity index (χ1) is 11.9. The van der Waals surface area contributed by atoms with E-state index in [0.717, 1.165) is 42.1 Å². The van der Waals surface area contributed by atoms with Gasteiger partial charge in [0.1, 0.15) is 0 Å². The van der Waals surface area contributed by atoms with E-state index in [2.05, 4.69) is 32.2 Å². The largest absolute Gasteiger partial charge is 0.198 e. The SMILES string of the molecule is C[C@]12CC=C3C4=C(CC[C@H]3[C@@H]1CC[C@H]2[Si](C)(C)CCl)CC(C#N)CC4. The van der Waals surface area contributed by atoms with Gasteiger partial charge in [-0.3, -0.25) is 0 Å². The molecule has 0 bridgehead atoms. The maximum Gasteiger partial charge on any atom is 0.0675 e. The van der Waals surface area contributed by atoms with Crippen molar-refractivity contribution in [1.82, 2.24) is 0 Å². The molecule has 0 heterocycles. The maximum absolute atomic E-state index is 9.31. The zero-order chi connectivity index (χ0) is 17.8. The number of rotatable bonds is 2. The molecule has 0 amide bonds. The van der Waals surface area contributed by atoms with Crippen LogP contribution in [0.15, 0.2) is 22.8 Å². The summed E-state index contributed by atoms with van der Waals surface area (Å²) >= 11 is 6.43. The van der Waals surface area contributed by atoms with Crippen molar-refractivity contribution in [3.05, 3.63) is 22.8 Å². The van der Waals surface area contributed by atoms with E-state index in [1.54, 1.807) is 16.7 Å². The van der Waals surface area contributed by atoms with Crippen LogP contribution in [-0.2, 0) is 0 Å². The van der Waals surface area contributed by atoms with Crippen molar-refractivity contribution >= 4 is 19.7 Å². The van der Waals surface area contributed by atoms with E-state index in [0.29, 0.717) is 5.41 Å². The third-order valence-electron chi connectivity index (χ3n) is 8.29. The molecule has 136 valence electrons. The van der Waals surface area contributed by atoms with Crippen LogP contribution in [0.2, 0.25) is 18.6 Å². The third kappa shape index (κ3) is 2.69. The first-order valence-corrected chi connectivity index (χ1v) is 14.1. The molecule has 3 heteroatoms. The fourth-order valence-electron chi connectivity index (χ4n) is 7.06. The van der Waals surface area contributed by atoms with Gasteiger partial charge >= 0.3 is 0 Å². The smallest absolute Gasteiger partial charge is 0.0675 e. The van der Waals surface area contributed by atoms with Gasteiger partial charge in [0.15, 0.2) is 0 Å². The summed E-state index contributed by atoms with van der Waals surface area (Å²) in [6, 6.07) is 2.52. The number of hydrogen-bond acceptors (Lipinski definition) is 1. The molecule has 1 saturated carbocycles. The van der Waals surface area contributed by atoms with Gasteiger partial charge in [0, 0.05) is 5.50 Å². The predicted octanol–water partition coefficient (Wildman–Crippen LogP) is 6.62. The highest BCUT2D eigenvalue weighted by atomic mass is 35.5. The Morgan fingerprint density at radius 2 is 2.04 bits per heavy atom. The molecule has 25 heavy (non-hydrogen) atoms. The van der Waals surface area contributed by atoms with Crippen molar-refractivity contribution in [2.45, 2.75) is 76.9 Å². The van der Waals surface area contributed by atoms with E-state index in [-0.39, 0.29) is 5.92 Å². The molecule has 1 fully saturated rings. The molecule has 4 aliphatic rings. The fraction of sp³-hybridized carbons (Fsp3) is 0.773. The highest BCUT2D eigenvalue weighted by molar-refractivity contribution is 6.84. The summed E-state index contributed by atoms with van der Waals surface area (Å²) in [5.41, 5.74) is 7.30. The van der Waals surface area contributed by atoms with Gasteiger partial charge < -0.3 is 0 Å². The molecule has 0 spiro atoms. The van der Waals surface area contributed by atoms with Crippen LogP contribution in [0.3, 0.4) is 0 Å². The molecule has 0 radical (unpaired) electrons. The fourth-order valence-corrected chi connectivity index (χ4v) is 10.9. The summed E-state index contributed by atoms with van der Waals surface area (Å²) in [6.45, 7) is 7.63. The van der Waals surface area contributed by atoms with Crippen molar-refractivity contribution in [1.29, 1.82) is 5.26 Å². The van der Waals surface area contributed by atoms with E-state index >= 15 is 0 Å². The first kappa shape index (κ1) is 17.9. The molecule has 1 unspecified atom stereocenters. The predicted molar refractivity (Wildman–Crippen MR) is 108 cm³/mol. The summed E-state index contributed by atoms with van der Waals surface area (Å²) in [5.74, 6) is 1.94. The highest BCUT2D eigenvalue weighted by Gasteiger charge is 2.56. The number of alkyl halides is 1. The molecule has 0 aromatic heterocycles. The lowest BCUT2D eigenvalue weighted by molar-refractivity contribution is 0.149. The average molecular weight is 374 g/mol. The van der Waals surface area contributed by atoms with Gasteiger partial charge in [0.25, 0.3) is 0 Å². The summed E-state index contributed by atoms with van der Waals surface area (Å²) in [7, 11) is -1.34. The number of nitriles is 1. The molecule has 1 nitrogen and oxygen atoms in total. The summed E-state index contributed by atoms with van der Waals surface area (Å²) in [5, 5.41) is 9.31. The molecule has 0 saturated heterocycles. The highest BCUT2D eigenvalue weighted by Crippen LogP contribution is 2.65. The second-order valence-electron chi connectivity index (χ2n) is 10.0. The Balaban J connectivity index is 1.66. The van der Waals surface area contributed by atoms with Crippen LogP contribution in [0.4, 0.5) is 0 Å². The number of fused-ring (bicyclic) bond motifs is 4. The van der Waals surface area contributed by atoms with Crippen LogP contribution in [-0.4, -0.2) is 13.6 Å². The van der Waals surface area contributed by atoms with E-state index in [1.165, 1.54) is 32.1 Å². The Labute approximate surface area is 159 Å². The van der Waals surface area contributed by atoms with E-state index in [4.69, 9.17) is 11.6 Å². The normalized spacial score (nSPS) is 40.7. The van der Waals surface area contributed by atoms with Crippen molar-refractivity contribution in [3.8, 4) is 6.07 Å². The van der Waals surface area contributed by atoms with Gasteiger partial charge in [-0.05, 0) is 78.9 Å². The summed E-state index contributed by atoms with van der Waals surface area (Å²) < 4.78 is 0. The topological polar surface area (TPSA) is 23.8 Å². The quantitative estimate of drug-likeness (QED) is 0.394. The van der Waals surface area contributed by atoms with Gasteiger partial charge in [0.05, 0.1) is 20.1 Å². The van der Waals surface area contributed by atoms with Crippen LogP contribution in [0, 0.1) is 34.5 Å². The standard InChI is InChI=1S/C22H32ClNSi/c1-22-11-10-18-17-6-4-15(13-24)12-16(17)5-7-19(18)20(22)8-9-21(22)25(2,3)14-23/h10,15,19-21H,4-9,11-12,14H2,1-3H3/t15?,19-,20+,21-,22+/m1/s1. The van der Waals surface area contributed by atoms with Gasteiger partial charge in [-0.1, -0.05) is 38.1 Å². The monoisotopic (exact) mass is 373 g/mol. The summed E-state index contributed by atoms with van der Waals surface area (Å²) in [6.07, 6.45) is 12.6. The molecule has 5 atom stereocenters. The minimum atomic E-state index is -1.34. The van der Waals surface area contributed by atoms with Gasteiger partial charge in [0.2, 0.25) is 0 Å². The van der Waals surface area contributed by atoms with Crippen LogP contribution >= 0.6 is 11.6 Å². The number of hydrogen-bond donors (Lipinski definition) is 0. The zero-order valence-corrected chi connectivity index (χ0v) is 17.8. The van der Waals surface area contributed by atoms with Gasteiger partial charge in [-0.25, -0.2) is 0 Å². The minimum absolute atomic E-state index is 0.274. The molecule has 4 rings (SSSR count). The second kappa shape index (κ2) is 6.27. The lowest BCUT2D eigenvalue weighted by Gasteiger charge is -2.50. The van der Waals surface area contributed by atoms with Crippen LogP contribution < -0.4 is 0 Å². The maximum atomic E-state index is 9.31. The van der Waals surface area contributed by atoms with Gasteiger partial charge in [-0.2, -0.15) is 5.26 Å². The number of halogens is 1. The van der Waals surface area contributed by atoms with E-state index in [1.807, 2.05) is 0 Å². The van der Waals surface area contributed by atoms with E-state index < -0.39 is 8.07 Å². The van der Waals surface area contributed by atoms with Crippen molar-refractivity contribution in [2.24, 2.45) is 23.2 Å². The molecule has 0 aromatic rings. The Morgan fingerprint density at radius 1 is 1.24 bits per heavy atom. The van der Waals surface area contributed by atoms with Gasteiger partial charge in [-0.15, -0.1) is 11.6 Å². The molecule has 0 aliphatic heterocycles. The molecular formula is C22H32ClNSi. The van der Waals surface area contributed by atoms with Crippen molar-refractivity contribution in [3.63, 3.8) is 0 Å². The zero-order valence-electron chi connectivity index (χ0n) is 16.1. The first-order valence-electron chi connectivity index (χ1n) is 10.3. The average Bonchev–Trinajstić information content (AvgIpc) is 2.99. The molecule has 4 aliphatic carbocycles. The lowest BCUT2D eigenvalue weighted by atomic mass is 9.58. The molecule has 0 aromatic carbocycles. The molecular weight excluding hydrogens is 342 g/mol. The van der Waals surface area contributed by atoms with Crippen LogP contribution in [0.5, 0.6) is 0 Å². The Bertz CT molecular complexity index is 670. The Morgan fingerprint density at radius 3 is 2.76 bits per heavy atom. The Hall–Kier alpha value is -0.523. The number of nitrogens with zero attached hydrogens (tertiary/aromatic N) is 1. The van der Waals surface area contributed by atoms with Crippen LogP contribution in [0.25, 0.3) is 0 Å².